The lowest BCUT2D eigenvalue weighted by molar-refractivity contribution is 0.419. The normalized spacial score (nSPS) is 19.8. The monoisotopic (exact) mass is 231 g/mol. The molecule has 0 spiro atoms. The van der Waals surface area contributed by atoms with Crippen LogP contribution in [-0.4, -0.2) is 18.0 Å². The largest absolute Gasteiger partial charge is 0.371 e. The molecular formula is C16H25N. The van der Waals surface area contributed by atoms with Crippen molar-refractivity contribution in [1.29, 1.82) is 0 Å². The molecule has 1 atom stereocenters. The standard InChI is InChI=1S/C16H25N/c1-12(2)15(6)7-8-16(13(3)4)17-10-9-14(5)11-17/h7-8,14H,1,6,9-11H2,2-5H3/b8-7-. The van der Waals surface area contributed by atoms with Gasteiger partial charge in [-0.05, 0) is 44.8 Å². The van der Waals surface area contributed by atoms with Gasteiger partial charge in [0.1, 0.15) is 0 Å². The topological polar surface area (TPSA) is 3.24 Å². The molecule has 1 rings (SSSR count). The summed E-state index contributed by atoms with van der Waals surface area (Å²) in [5.74, 6) is 0.807. The minimum atomic E-state index is 0.807. The summed E-state index contributed by atoms with van der Waals surface area (Å²) in [7, 11) is 0. The summed E-state index contributed by atoms with van der Waals surface area (Å²) in [6.45, 7) is 18.9. The predicted octanol–water partition coefficient (Wildman–Crippen LogP) is 4.31. The molecule has 1 aliphatic heterocycles. The molecule has 0 aliphatic carbocycles. The van der Waals surface area contributed by atoms with Gasteiger partial charge in [0, 0.05) is 18.8 Å². The average Bonchev–Trinajstić information content (AvgIpc) is 2.64. The second-order valence-electron chi connectivity index (χ2n) is 5.36. The molecule has 1 heteroatoms. The zero-order valence-corrected chi connectivity index (χ0v) is 11.7. The van der Waals surface area contributed by atoms with Gasteiger partial charge in [-0.1, -0.05) is 37.3 Å². The minimum Gasteiger partial charge on any atom is -0.371 e. The summed E-state index contributed by atoms with van der Waals surface area (Å²) < 4.78 is 0. The maximum Gasteiger partial charge on any atom is 0.0352 e. The first-order chi connectivity index (χ1) is 7.91. The van der Waals surface area contributed by atoms with Gasteiger partial charge in [-0.2, -0.15) is 0 Å². The Balaban J connectivity index is 2.79. The van der Waals surface area contributed by atoms with E-state index in [2.05, 4.69) is 51.0 Å². The van der Waals surface area contributed by atoms with E-state index in [1.807, 2.05) is 6.92 Å². The number of allylic oxidation sites excluding steroid dienone is 5. The Hall–Kier alpha value is -1.24. The third kappa shape index (κ3) is 3.92. The van der Waals surface area contributed by atoms with Crippen molar-refractivity contribution in [3.63, 3.8) is 0 Å². The van der Waals surface area contributed by atoms with E-state index in [1.165, 1.54) is 30.8 Å². The van der Waals surface area contributed by atoms with Gasteiger partial charge in [0.2, 0.25) is 0 Å². The van der Waals surface area contributed by atoms with Crippen molar-refractivity contribution in [2.75, 3.05) is 13.1 Å². The van der Waals surface area contributed by atoms with Crippen LogP contribution >= 0.6 is 0 Å². The highest BCUT2D eigenvalue weighted by Crippen LogP contribution is 2.23. The fourth-order valence-electron chi connectivity index (χ4n) is 2.06. The van der Waals surface area contributed by atoms with Crippen LogP contribution in [-0.2, 0) is 0 Å². The van der Waals surface area contributed by atoms with E-state index in [-0.39, 0.29) is 0 Å². The zero-order chi connectivity index (χ0) is 13.0. The summed E-state index contributed by atoms with van der Waals surface area (Å²) in [6.07, 6.45) is 5.56. The summed E-state index contributed by atoms with van der Waals surface area (Å²) >= 11 is 0. The van der Waals surface area contributed by atoms with Crippen molar-refractivity contribution in [3.05, 3.63) is 47.7 Å². The van der Waals surface area contributed by atoms with Gasteiger partial charge >= 0.3 is 0 Å². The summed E-state index contributed by atoms with van der Waals surface area (Å²) in [4.78, 5) is 2.47. The summed E-state index contributed by atoms with van der Waals surface area (Å²) in [5.41, 5.74) is 4.75. The maximum absolute atomic E-state index is 4.00. The second-order valence-corrected chi connectivity index (χ2v) is 5.36. The molecule has 1 saturated heterocycles. The van der Waals surface area contributed by atoms with Crippen molar-refractivity contribution in [2.24, 2.45) is 5.92 Å². The number of hydrogen-bond acceptors (Lipinski definition) is 1. The van der Waals surface area contributed by atoms with Gasteiger partial charge in [0.05, 0.1) is 0 Å². The van der Waals surface area contributed by atoms with E-state index in [0.29, 0.717) is 0 Å². The quantitative estimate of drug-likeness (QED) is 0.652. The third-order valence-corrected chi connectivity index (χ3v) is 3.27. The smallest absolute Gasteiger partial charge is 0.0352 e. The van der Waals surface area contributed by atoms with Crippen LogP contribution in [0.1, 0.15) is 34.1 Å². The van der Waals surface area contributed by atoms with Crippen LogP contribution in [0.25, 0.3) is 0 Å². The van der Waals surface area contributed by atoms with Gasteiger partial charge in [0.25, 0.3) is 0 Å². The first-order valence-corrected chi connectivity index (χ1v) is 6.37. The van der Waals surface area contributed by atoms with Crippen molar-refractivity contribution < 1.29 is 0 Å². The second kappa shape index (κ2) is 5.90. The minimum absolute atomic E-state index is 0.807. The maximum atomic E-state index is 4.00. The Labute approximate surface area is 106 Å². The molecule has 1 aliphatic rings. The van der Waals surface area contributed by atoms with Crippen LogP contribution in [0.15, 0.2) is 47.7 Å². The van der Waals surface area contributed by atoms with Gasteiger partial charge in [-0.25, -0.2) is 0 Å². The van der Waals surface area contributed by atoms with E-state index in [4.69, 9.17) is 0 Å². The van der Waals surface area contributed by atoms with Crippen LogP contribution < -0.4 is 0 Å². The van der Waals surface area contributed by atoms with E-state index in [1.54, 1.807) is 0 Å². The molecule has 1 nitrogen and oxygen atoms in total. The van der Waals surface area contributed by atoms with Crippen LogP contribution in [0, 0.1) is 5.92 Å². The molecule has 1 unspecified atom stereocenters. The summed E-state index contributed by atoms with van der Waals surface area (Å²) in [6, 6.07) is 0. The van der Waals surface area contributed by atoms with E-state index in [0.717, 1.165) is 17.1 Å². The molecule has 0 radical (unpaired) electrons. The van der Waals surface area contributed by atoms with E-state index >= 15 is 0 Å². The van der Waals surface area contributed by atoms with Crippen LogP contribution in [0.5, 0.6) is 0 Å². The Bertz CT molecular complexity index is 367. The van der Waals surface area contributed by atoms with Crippen molar-refractivity contribution in [2.45, 2.75) is 34.1 Å². The highest BCUT2D eigenvalue weighted by molar-refractivity contribution is 5.37. The molecule has 0 aromatic carbocycles. The predicted molar refractivity (Wildman–Crippen MR) is 76.8 cm³/mol. The molecule has 0 aromatic heterocycles. The number of likely N-dealkylation sites (tertiary alicyclic amines) is 1. The summed E-state index contributed by atoms with van der Waals surface area (Å²) in [5, 5.41) is 0. The number of nitrogens with zero attached hydrogens (tertiary/aromatic N) is 1. The molecule has 17 heavy (non-hydrogen) atoms. The lowest BCUT2D eigenvalue weighted by atomic mass is 10.1. The first-order valence-electron chi connectivity index (χ1n) is 6.37. The molecule has 1 heterocycles. The molecule has 0 bridgehead atoms. The van der Waals surface area contributed by atoms with Crippen LogP contribution in [0.4, 0.5) is 0 Å². The lowest BCUT2D eigenvalue weighted by Crippen LogP contribution is -2.19. The number of rotatable bonds is 4. The Morgan fingerprint density at radius 2 is 1.82 bits per heavy atom. The fourth-order valence-corrected chi connectivity index (χ4v) is 2.06. The van der Waals surface area contributed by atoms with Crippen molar-refractivity contribution in [1.82, 2.24) is 4.90 Å². The molecule has 0 N–H and O–H groups in total. The van der Waals surface area contributed by atoms with Crippen molar-refractivity contribution >= 4 is 0 Å². The first kappa shape index (κ1) is 13.8. The molecular weight excluding hydrogens is 206 g/mol. The van der Waals surface area contributed by atoms with Gasteiger partial charge in [0.15, 0.2) is 0 Å². The molecule has 0 saturated carbocycles. The van der Waals surface area contributed by atoms with Gasteiger partial charge in [-0.3, -0.25) is 0 Å². The third-order valence-electron chi connectivity index (χ3n) is 3.27. The lowest BCUT2D eigenvalue weighted by Gasteiger charge is -2.21. The van der Waals surface area contributed by atoms with Crippen LogP contribution in [0.3, 0.4) is 0 Å². The molecule has 0 aromatic rings. The Morgan fingerprint density at radius 1 is 1.18 bits per heavy atom. The Kier molecular flexibility index (Phi) is 4.80. The van der Waals surface area contributed by atoms with Crippen LogP contribution in [0.2, 0.25) is 0 Å². The molecule has 94 valence electrons. The van der Waals surface area contributed by atoms with E-state index < -0.39 is 0 Å². The highest BCUT2D eigenvalue weighted by Gasteiger charge is 2.19. The average molecular weight is 231 g/mol. The Morgan fingerprint density at radius 3 is 2.24 bits per heavy atom. The molecule has 0 amide bonds. The highest BCUT2D eigenvalue weighted by atomic mass is 15.2. The SMILES string of the molecule is C=C(C)C(=C)/C=C\C(=C(C)C)N1CCC(C)C1. The molecule has 1 fully saturated rings. The van der Waals surface area contributed by atoms with E-state index in [9.17, 15) is 0 Å². The van der Waals surface area contributed by atoms with Gasteiger partial charge in [-0.15, -0.1) is 0 Å². The fraction of sp³-hybridized carbons (Fsp3) is 0.500. The van der Waals surface area contributed by atoms with Crippen molar-refractivity contribution in [3.8, 4) is 0 Å². The van der Waals surface area contributed by atoms with Gasteiger partial charge < -0.3 is 4.90 Å². The number of hydrogen-bond donors (Lipinski definition) is 0. The zero-order valence-electron chi connectivity index (χ0n) is 11.7.